The molecule has 1 unspecified atom stereocenters. The molecule has 0 spiro atoms. The van der Waals surface area contributed by atoms with Gasteiger partial charge in [0.05, 0.1) is 0 Å². The van der Waals surface area contributed by atoms with Crippen LogP contribution in [0, 0.1) is 0 Å². The first-order chi connectivity index (χ1) is 7.76. The molecule has 4 amide bonds. The summed E-state index contributed by atoms with van der Waals surface area (Å²) in [7, 11) is 0. The average Bonchev–Trinajstić information content (AvgIpc) is 2.57. The van der Waals surface area contributed by atoms with E-state index in [0.29, 0.717) is 6.20 Å². The number of hydrogen-bond donors (Lipinski definition) is 4. The molecule has 1 aliphatic rings. The summed E-state index contributed by atoms with van der Waals surface area (Å²) in [5.74, 6) is -3.49. The van der Waals surface area contributed by atoms with Crippen molar-refractivity contribution in [2.24, 2.45) is 11.5 Å². The molecule has 17 heavy (non-hydrogen) atoms. The number of aliphatic carboxylic acids is 1. The summed E-state index contributed by atoms with van der Waals surface area (Å²) in [6.45, 7) is 0. The number of carboxylic acids is 1. The first-order valence-corrected chi connectivity index (χ1v) is 4.09. The Kier molecular flexibility index (Phi) is 2.65. The molecule has 10 heteroatoms. The maximum absolute atomic E-state index is 11.2. The highest BCUT2D eigenvalue weighted by molar-refractivity contribution is 6.11. The monoisotopic (exact) mass is 244 g/mol. The number of nitrogens with zero attached hydrogens (tertiary/aromatic N) is 2. The van der Waals surface area contributed by atoms with Crippen LogP contribution in [0.5, 0.6) is 0 Å². The molecule has 6 N–H and O–H groups in total. The molecule has 0 radical (unpaired) electrons. The van der Waals surface area contributed by atoms with Crippen molar-refractivity contribution in [1.82, 2.24) is 9.80 Å². The number of rotatable bonds is 2. The van der Waals surface area contributed by atoms with Crippen LogP contribution in [-0.4, -0.2) is 49.7 Å². The smallest absolute Gasteiger partial charge is 0.414 e. The third kappa shape index (κ3) is 1.42. The van der Waals surface area contributed by atoms with E-state index in [0.717, 1.165) is 6.20 Å². The van der Waals surface area contributed by atoms with Crippen LogP contribution in [0.15, 0.2) is 12.4 Å². The molecule has 0 fully saturated rings. The van der Waals surface area contributed by atoms with Gasteiger partial charge in [-0.05, 0) is 0 Å². The molecule has 1 aliphatic heterocycles. The van der Waals surface area contributed by atoms with E-state index in [2.05, 4.69) is 0 Å². The van der Waals surface area contributed by atoms with Crippen LogP contribution in [0.4, 0.5) is 9.59 Å². The van der Waals surface area contributed by atoms with Gasteiger partial charge in [0.15, 0.2) is 0 Å². The number of carbonyl (C=O) groups is 4. The zero-order valence-corrected chi connectivity index (χ0v) is 8.23. The minimum absolute atomic E-state index is 0.0857. The van der Waals surface area contributed by atoms with Gasteiger partial charge in [-0.25, -0.2) is 19.3 Å². The largest absolute Gasteiger partial charge is 0.478 e. The summed E-state index contributed by atoms with van der Waals surface area (Å²) in [6, 6.07) is -1.33. The van der Waals surface area contributed by atoms with Crippen LogP contribution in [0.2, 0.25) is 0 Å². The van der Waals surface area contributed by atoms with Crippen LogP contribution in [0.25, 0.3) is 0 Å². The minimum atomic E-state index is -2.89. The minimum Gasteiger partial charge on any atom is -0.478 e. The lowest BCUT2D eigenvalue weighted by molar-refractivity contribution is -0.161. The second-order valence-corrected chi connectivity index (χ2v) is 3.00. The highest BCUT2D eigenvalue weighted by Gasteiger charge is 2.60. The van der Waals surface area contributed by atoms with E-state index in [1.54, 1.807) is 0 Å². The number of hydrogen-bond acceptors (Lipinski definition) is 4. The van der Waals surface area contributed by atoms with Gasteiger partial charge in [0, 0.05) is 12.4 Å². The lowest BCUT2D eigenvalue weighted by Gasteiger charge is -2.34. The summed E-state index contributed by atoms with van der Waals surface area (Å²) in [4.78, 5) is 44.5. The molecule has 0 aromatic rings. The van der Waals surface area contributed by atoms with Crippen molar-refractivity contribution in [3.05, 3.63) is 12.4 Å². The quantitative estimate of drug-likeness (QED) is 0.413. The molecule has 0 aliphatic carbocycles. The average molecular weight is 244 g/mol. The van der Waals surface area contributed by atoms with Gasteiger partial charge in [0.2, 0.25) is 0 Å². The number of urea groups is 1. The number of carbonyl (C=O) groups excluding carboxylic acids is 2. The van der Waals surface area contributed by atoms with Crippen LogP contribution < -0.4 is 11.5 Å². The Hall–Kier alpha value is -2.78. The van der Waals surface area contributed by atoms with E-state index in [1.165, 1.54) is 0 Å². The predicted molar refractivity (Wildman–Crippen MR) is 50.0 cm³/mol. The Labute approximate surface area is 93.7 Å². The SMILES string of the molecule is NC(=O)N1C=CN(C(=O)O)C1(C(N)=O)C(=O)O. The van der Waals surface area contributed by atoms with Gasteiger partial charge in [-0.1, -0.05) is 0 Å². The molecule has 92 valence electrons. The van der Waals surface area contributed by atoms with E-state index in [4.69, 9.17) is 21.7 Å². The second-order valence-electron chi connectivity index (χ2n) is 3.00. The number of amides is 4. The zero-order chi connectivity index (χ0) is 13.4. The normalized spacial score (nSPS) is 22.6. The highest BCUT2D eigenvalue weighted by Crippen LogP contribution is 2.28. The Morgan fingerprint density at radius 2 is 1.47 bits per heavy atom. The van der Waals surface area contributed by atoms with Gasteiger partial charge >= 0.3 is 23.8 Å². The van der Waals surface area contributed by atoms with E-state index < -0.39 is 29.7 Å². The molecule has 0 aromatic carbocycles. The van der Waals surface area contributed by atoms with E-state index in [-0.39, 0.29) is 9.80 Å². The van der Waals surface area contributed by atoms with Crippen molar-refractivity contribution in [3.8, 4) is 0 Å². The van der Waals surface area contributed by atoms with Crippen LogP contribution in [-0.2, 0) is 9.59 Å². The summed E-state index contributed by atoms with van der Waals surface area (Å²) in [5, 5.41) is 17.7. The van der Waals surface area contributed by atoms with Crippen molar-refractivity contribution >= 4 is 24.0 Å². The maximum Gasteiger partial charge on any atom is 0.414 e. The zero-order valence-electron chi connectivity index (χ0n) is 8.23. The van der Waals surface area contributed by atoms with Gasteiger partial charge in [-0.15, -0.1) is 0 Å². The summed E-state index contributed by atoms with van der Waals surface area (Å²) < 4.78 is 0. The molecule has 0 saturated heterocycles. The molecule has 1 rings (SSSR count). The Bertz CT molecular complexity index is 404. The Morgan fingerprint density at radius 1 is 1.00 bits per heavy atom. The molecule has 0 saturated carbocycles. The second kappa shape index (κ2) is 3.66. The van der Waals surface area contributed by atoms with E-state index >= 15 is 0 Å². The number of primary amides is 2. The van der Waals surface area contributed by atoms with Crippen molar-refractivity contribution in [1.29, 1.82) is 0 Å². The molecule has 0 aromatic heterocycles. The number of carboxylic acid groups (broad SMARTS) is 2. The molecule has 1 heterocycles. The van der Waals surface area contributed by atoms with Gasteiger partial charge < -0.3 is 21.7 Å². The van der Waals surface area contributed by atoms with Crippen molar-refractivity contribution in [2.45, 2.75) is 5.66 Å². The van der Waals surface area contributed by atoms with Gasteiger partial charge in [-0.3, -0.25) is 9.69 Å². The number of nitrogens with two attached hydrogens (primary N) is 2. The molecular weight excluding hydrogens is 236 g/mol. The van der Waals surface area contributed by atoms with Gasteiger partial charge in [0.25, 0.3) is 5.91 Å². The van der Waals surface area contributed by atoms with E-state index in [9.17, 15) is 19.2 Å². The van der Waals surface area contributed by atoms with Crippen molar-refractivity contribution < 1.29 is 29.4 Å². The summed E-state index contributed by atoms with van der Waals surface area (Å²) in [6.07, 6.45) is -0.326. The van der Waals surface area contributed by atoms with E-state index in [1.807, 2.05) is 0 Å². The van der Waals surface area contributed by atoms with Gasteiger partial charge in [0.1, 0.15) is 0 Å². The molecule has 1 atom stereocenters. The van der Waals surface area contributed by atoms with Crippen LogP contribution in [0.1, 0.15) is 0 Å². The van der Waals surface area contributed by atoms with Crippen molar-refractivity contribution in [2.75, 3.05) is 0 Å². The van der Waals surface area contributed by atoms with Crippen LogP contribution >= 0.6 is 0 Å². The fraction of sp³-hybridized carbons (Fsp3) is 0.143. The summed E-state index contributed by atoms with van der Waals surface area (Å²) >= 11 is 0. The fourth-order valence-electron chi connectivity index (χ4n) is 1.45. The third-order valence-electron chi connectivity index (χ3n) is 2.15. The Morgan fingerprint density at radius 3 is 1.76 bits per heavy atom. The third-order valence-corrected chi connectivity index (χ3v) is 2.15. The fourth-order valence-corrected chi connectivity index (χ4v) is 1.45. The summed E-state index contributed by atoms with van der Waals surface area (Å²) in [5.41, 5.74) is 6.84. The first kappa shape index (κ1) is 12.3. The van der Waals surface area contributed by atoms with Gasteiger partial charge in [-0.2, -0.15) is 0 Å². The molecule has 0 bridgehead atoms. The standard InChI is InChI=1S/C7H8N4O6/c8-3(12)7(4(13)14)10(5(9)15)1-2-11(7)6(16)17/h1-2H,(H2,8,12)(H2,9,15)(H,13,14)(H,16,17). The first-order valence-electron chi connectivity index (χ1n) is 4.09. The highest BCUT2D eigenvalue weighted by atomic mass is 16.4. The molecular formula is C7H8N4O6. The predicted octanol–water partition coefficient (Wildman–Crippen LogP) is -1.90. The maximum atomic E-state index is 11.2. The van der Waals surface area contributed by atoms with Crippen LogP contribution in [0.3, 0.4) is 0 Å². The molecule has 10 nitrogen and oxygen atoms in total. The van der Waals surface area contributed by atoms with Crippen molar-refractivity contribution in [3.63, 3.8) is 0 Å². The lowest BCUT2D eigenvalue weighted by Crippen LogP contribution is -2.69. The Balaban J connectivity index is 3.45. The topological polar surface area (TPSA) is 167 Å². The lowest BCUT2D eigenvalue weighted by atomic mass is 10.1.